The molecule has 4 N–H and O–H groups in total. The Bertz CT molecular complexity index is 1260. The fourth-order valence-electron chi connectivity index (χ4n) is 4.04. The third-order valence-corrected chi connectivity index (χ3v) is 6.39. The normalized spacial score (nSPS) is 15.8. The van der Waals surface area contributed by atoms with Crippen LogP contribution in [0.4, 0.5) is 15.8 Å². The van der Waals surface area contributed by atoms with E-state index in [1.54, 1.807) is 24.3 Å². The number of imidazole rings is 1. The van der Waals surface area contributed by atoms with Gasteiger partial charge in [0.1, 0.15) is 11.5 Å². The van der Waals surface area contributed by atoms with Crippen LogP contribution in [0, 0.1) is 5.82 Å². The zero-order chi connectivity index (χ0) is 25.7. The summed E-state index contributed by atoms with van der Waals surface area (Å²) in [7, 11) is 2.04. The van der Waals surface area contributed by atoms with Crippen molar-refractivity contribution in [1.29, 1.82) is 0 Å². The van der Waals surface area contributed by atoms with Gasteiger partial charge in [-0.1, -0.05) is 18.0 Å². The zero-order valence-corrected chi connectivity index (χ0v) is 20.4. The van der Waals surface area contributed by atoms with Crippen LogP contribution < -0.4 is 16.0 Å². The van der Waals surface area contributed by atoms with E-state index in [1.165, 1.54) is 12.4 Å². The number of hydrogen-bond donors (Lipinski definition) is 4. The molecule has 1 atom stereocenters. The van der Waals surface area contributed by atoms with Crippen LogP contribution in [0.2, 0.25) is 5.02 Å². The van der Waals surface area contributed by atoms with Gasteiger partial charge in [-0.15, -0.1) is 0 Å². The molecule has 1 aromatic heterocycles. The van der Waals surface area contributed by atoms with Gasteiger partial charge in [0.2, 0.25) is 0 Å². The fourth-order valence-corrected chi connectivity index (χ4v) is 4.29. The van der Waals surface area contributed by atoms with Crippen molar-refractivity contribution in [3.63, 3.8) is 0 Å². The first kappa shape index (κ1) is 25.3. The lowest BCUT2D eigenvalue weighted by atomic mass is 10.0. The van der Waals surface area contributed by atoms with E-state index in [0.717, 1.165) is 37.9 Å². The number of aromatic nitrogens is 2. The van der Waals surface area contributed by atoms with E-state index in [9.17, 15) is 18.8 Å². The Hall–Kier alpha value is -3.76. The fraction of sp³-hybridized carbons (Fsp3) is 0.280. The van der Waals surface area contributed by atoms with E-state index >= 15 is 0 Å². The number of halogens is 2. The van der Waals surface area contributed by atoms with Crippen molar-refractivity contribution in [3.8, 4) is 0 Å². The summed E-state index contributed by atoms with van der Waals surface area (Å²) < 4.78 is 13.2. The topological polar surface area (TPSA) is 119 Å². The molecule has 3 amide bonds. The van der Waals surface area contributed by atoms with E-state index in [4.69, 9.17) is 11.6 Å². The standard InChI is InChI=1S/C25H26ClFN6O3/c1-33-11-3-2-4-18(33)13-28-24(35)21-22(30-14-29-21)25(36)32-17-8-6-16(7-9-17)31-23(34)19-10-5-15(27)12-20(19)26/h5-10,12,14,18H,2-4,11,13H2,1H3,(H,28,35)(H,29,30)(H,31,34)(H,32,36). The molecule has 0 saturated carbocycles. The number of anilines is 2. The third kappa shape index (κ3) is 6.07. The molecule has 0 bridgehead atoms. The van der Waals surface area contributed by atoms with Gasteiger partial charge < -0.3 is 25.8 Å². The Morgan fingerprint density at radius 2 is 1.75 bits per heavy atom. The molecule has 36 heavy (non-hydrogen) atoms. The summed E-state index contributed by atoms with van der Waals surface area (Å²) in [6, 6.07) is 10.1. The number of nitrogens with zero attached hydrogens (tertiary/aromatic N) is 2. The van der Waals surface area contributed by atoms with Crippen molar-refractivity contribution in [2.24, 2.45) is 0 Å². The van der Waals surface area contributed by atoms with Crippen LogP contribution in [0.25, 0.3) is 0 Å². The molecule has 0 radical (unpaired) electrons. The maximum atomic E-state index is 13.2. The summed E-state index contributed by atoms with van der Waals surface area (Å²) in [6.45, 7) is 1.48. The number of likely N-dealkylation sites (tertiary alicyclic amines) is 1. The summed E-state index contributed by atoms with van der Waals surface area (Å²) in [5.74, 6) is -1.98. The Labute approximate surface area is 212 Å². The van der Waals surface area contributed by atoms with Crippen molar-refractivity contribution in [2.45, 2.75) is 25.3 Å². The van der Waals surface area contributed by atoms with Gasteiger partial charge >= 0.3 is 0 Å². The van der Waals surface area contributed by atoms with E-state index < -0.39 is 23.5 Å². The number of H-pyrrole nitrogens is 1. The molecule has 1 aliphatic heterocycles. The molecule has 0 spiro atoms. The van der Waals surface area contributed by atoms with Crippen LogP contribution in [0.1, 0.15) is 50.6 Å². The highest BCUT2D eigenvalue weighted by Gasteiger charge is 2.23. The Balaban J connectivity index is 1.34. The predicted molar refractivity (Wildman–Crippen MR) is 135 cm³/mol. The quantitative estimate of drug-likeness (QED) is 0.382. The Morgan fingerprint density at radius 3 is 2.42 bits per heavy atom. The largest absolute Gasteiger partial charge is 0.349 e. The number of likely N-dealkylation sites (N-methyl/N-ethyl adjacent to an activating group) is 1. The molecular formula is C25H26ClFN6O3. The summed E-state index contributed by atoms with van der Waals surface area (Å²) in [6.07, 6.45) is 4.60. The minimum absolute atomic E-state index is 0.00143. The maximum absolute atomic E-state index is 13.2. The monoisotopic (exact) mass is 512 g/mol. The molecule has 4 rings (SSSR count). The lowest BCUT2D eigenvalue weighted by Crippen LogP contribution is -2.44. The number of piperidine rings is 1. The van der Waals surface area contributed by atoms with Crippen LogP contribution >= 0.6 is 11.6 Å². The van der Waals surface area contributed by atoms with Crippen molar-refractivity contribution in [2.75, 3.05) is 30.8 Å². The molecule has 3 aromatic rings. The molecule has 0 aliphatic carbocycles. The van der Waals surface area contributed by atoms with Gasteiger partial charge in [-0.25, -0.2) is 9.37 Å². The van der Waals surface area contributed by atoms with Gasteiger partial charge in [0.15, 0.2) is 5.69 Å². The Kier molecular flexibility index (Phi) is 7.97. The second-order valence-corrected chi connectivity index (χ2v) is 8.98. The SMILES string of the molecule is CN1CCCCC1CNC(=O)c1nc[nH]c1C(=O)Nc1ccc(NC(=O)c2ccc(F)cc2Cl)cc1. The highest BCUT2D eigenvalue weighted by Crippen LogP contribution is 2.20. The number of aromatic amines is 1. The molecule has 11 heteroatoms. The van der Waals surface area contributed by atoms with E-state index in [0.29, 0.717) is 17.9 Å². The average molecular weight is 513 g/mol. The van der Waals surface area contributed by atoms with Crippen LogP contribution in [-0.4, -0.2) is 58.8 Å². The minimum atomic E-state index is -0.536. The van der Waals surface area contributed by atoms with E-state index in [2.05, 4.69) is 30.8 Å². The second-order valence-electron chi connectivity index (χ2n) is 8.58. The van der Waals surface area contributed by atoms with E-state index in [1.807, 2.05) is 7.05 Å². The Morgan fingerprint density at radius 1 is 1.06 bits per heavy atom. The van der Waals surface area contributed by atoms with E-state index in [-0.39, 0.29) is 28.0 Å². The highest BCUT2D eigenvalue weighted by atomic mass is 35.5. The van der Waals surface area contributed by atoms with Crippen molar-refractivity contribution in [1.82, 2.24) is 20.2 Å². The number of carbonyl (C=O) groups is 3. The van der Waals surface area contributed by atoms with Gasteiger partial charge in [-0.3, -0.25) is 14.4 Å². The minimum Gasteiger partial charge on any atom is -0.349 e. The van der Waals surface area contributed by atoms with Gasteiger partial charge in [0.05, 0.1) is 16.9 Å². The second kappa shape index (κ2) is 11.3. The summed E-state index contributed by atoms with van der Waals surface area (Å²) in [5.41, 5.74) is 1.10. The molecule has 1 unspecified atom stereocenters. The van der Waals surface area contributed by atoms with Crippen molar-refractivity contribution < 1.29 is 18.8 Å². The lowest BCUT2D eigenvalue weighted by Gasteiger charge is -2.32. The van der Waals surface area contributed by atoms with Gasteiger partial charge in [-0.2, -0.15) is 0 Å². The maximum Gasteiger partial charge on any atom is 0.274 e. The van der Waals surface area contributed by atoms with Crippen LogP contribution in [0.3, 0.4) is 0 Å². The number of rotatable bonds is 7. The smallest absolute Gasteiger partial charge is 0.274 e. The molecular weight excluding hydrogens is 487 g/mol. The number of nitrogens with one attached hydrogen (secondary N) is 4. The predicted octanol–water partition coefficient (Wildman–Crippen LogP) is 3.92. The third-order valence-electron chi connectivity index (χ3n) is 6.08. The molecule has 9 nitrogen and oxygen atoms in total. The summed E-state index contributed by atoms with van der Waals surface area (Å²) in [5, 5.41) is 8.25. The zero-order valence-electron chi connectivity index (χ0n) is 19.6. The number of benzene rings is 2. The summed E-state index contributed by atoms with van der Waals surface area (Å²) >= 11 is 5.94. The van der Waals surface area contributed by atoms with Crippen LogP contribution in [0.5, 0.6) is 0 Å². The lowest BCUT2D eigenvalue weighted by molar-refractivity contribution is 0.0913. The first-order chi connectivity index (χ1) is 17.3. The van der Waals surface area contributed by atoms with Crippen molar-refractivity contribution >= 4 is 40.7 Å². The first-order valence-corrected chi connectivity index (χ1v) is 11.9. The number of amides is 3. The van der Waals surface area contributed by atoms with Gasteiger partial charge in [-0.05, 0) is 68.9 Å². The molecule has 1 fully saturated rings. The molecule has 2 heterocycles. The molecule has 188 valence electrons. The van der Waals surface area contributed by atoms with Gasteiger partial charge in [0, 0.05) is 24.0 Å². The van der Waals surface area contributed by atoms with Gasteiger partial charge in [0.25, 0.3) is 17.7 Å². The molecule has 1 aliphatic rings. The van der Waals surface area contributed by atoms with Crippen molar-refractivity contribution in [3.05, 3.63) is 76.6 Å². The van der Waals surface area contributed by atoms with Crippen LogP contribution in [-0.2, 0) is 0 Å². The highest BCUT2D eigenvalue weighted by molar-refractivity contribution is 6.34. The van der Waals surface area contributed by atoms with Crippen LogP contribution in [0.15, 0.2) is 48.8 Å². The summed E-state index contributed by atoms with van der Waals surface area (Å²) in [4.78, 5) is 46.8. The number of carbonyl (C=O) groups excluding carboxylic acids is 3. The first-order valence-electron chi connectivity index (χ1n) is 11.5. The number of hydrogen-bond acceptors (Lipinski definition) is 5. The average Bonchev–Trinajstić information content (AvgIpc) is 3.35. The molecule has 1 saturated heterocycles. The molecule has 2 aromatic carbocycles.